The second-order valence-electron chi connectivity index (χ2n) is 7.22. The first-order chi connectivity index (χ1) is 14.2. The van der Waals surface area contributed by atoms with E-state index in [0.717, 1.165) is 24.9 Å². The molecule has 1 aliphatic rings. The van der Waals surface area contributed by atoms with E-state index in [0.29, 0.717) is 49.2 Å². The van der Waals surface area contributed by atoms with Crippen LogP contribution in [0.1, 0.15) is 36.5 Å². The van der Waals surface area contributed by atoms with E-state index >= 15 is 0 Å². The first-order valence-electron chi connectivity index (χ1n) is 9.87. The molecule has 0 N–H and O–H groups in total. The molecule has 1 aromatic carbocycles. The summed E-state index contributed by atoms with van der Waals surface area (Å²) < 4.78 is 16.6. The van der Waals surface area contributed by atoms with Crippen molar-refractivity contribution in [2.45, 2.75) is 45.3 Å². The topological polar surface area (TPSA) is 94.5 Å². The molecule has 0 aliphatic carbocycles. The van der Waals surface area contributed by atoms with Gasteiger partial charge in [0.25, 0.3) is 5.89 Å². The minimum atomic E-state index is 0.0679. The molecule has 0 unspecified atom stereocenters. The fourth-order valence-corrected chi connectivity index (χ4v) is 3.39. The lowest BCUT2D eigenvalue weighted by molar-refractivity contribution is -0.135. The van der Waals surface area contributed by atoms with Crippen molar-refractivity contribution in [3.8, 4) is 11.6 Å². The van der Waals surface area contributed by atoms with Gasteiger partial charge in [0.1, 0.15) is 5.76 Å². The third-order valence-corrected chi connectivity index (χ3v) is 4.93. The first-order valence-corrected chi connectivity index (χ1v) is 9.87. The first kappa shape index (κ1) is 19.3. The highest BCUT2D eigenvalue weighted by molar-refractivity contribution is 5.76. The highest BCUT2D eigenvalue weighted by atomic mass is 16.5. The van der Waals surface area contributed by atoms with Crippen LogP contribution in [0.2, 0.25) is 0 Å². The van der Waals surface area contributed by atoms with Crippen LogP contribution >= 0.6 is 0 Å². The van der Waals surface area contributed by atoms with E-state index in [1.54, 1.807) is 13.0 Å². The maximum Gasteiger partial charge on any atom is 0.269 e. The summed E-state index contributed by atoms with van der Waals surface area (Å²) in [6.07, 6.45) is 2.71. The Kier molecular flexibility index (Phi) is 6.00. The second-order valence-corrected chi connectivity index (χ2v) is 7.22. The number of likely N-dealkylation sites (tertiary alicyclic amines) is 1. The molecule has 1 fully saturated rings. The van der Waals surface area contributed by atoms with Gasteiger partial charge in [-0.25, -0.2) is 0 Å². The van der Waals surface area contributed by atoms with E-state index in [4.69, 9.17) is 13.7 Å². The molecular formula is C21H24N4O4. The van der Waals surface area contributed by atoms with Crippen molar-refractivity contribution < 1.29 is 18.5 Å². The number of benzene rings is 1. The predicted molar refractivity (Wildman–Crippen MR) is 104 cm³/mol. The number of aromatic nitrogens is 3. The number of carbonyl (C=O) groups is 1. The van der Waals surface area contributed by atoms with Crippen molar-refractivity contribution in [3.05, 3.63) is 53.6 Å². The van der Waals surface area contributed by atoms with Gasteiger partial charge in [-0.3, -0.25) is 4.79 Å². The molecule has 0 saturated carbocycles. The Morgan fingerprint density at radius 1 is 1.28 bits per heavy atom. The zero-order valence-electron chi connectivity index (χ0n) is 16.4. The molecule has 0 spiro atoms. The van der Waals surface area contributed by atoms with Crippen molar-refractivity contribution in [3.63, 3.8) is 0 Å². The third kappa shape index (κ3) is 5.08. The number of aryl methyl sites for hydroxylation is 2. The van der Waals surface area contributed by atoms with Gasteiger partial charge >= 0.3 is 0 Å². The highest BCUT2D eigenvalue weighted by Gasteiger charge is 2.24. The van der Waals surface area contributed by atoms with Gasteiger partial charge in [-0.15, -0.1) is 10.2 Å². The highest BCUT2D eigenvalue weighted by Crippen LogP contribution is 2.19. The smallest absolute Gasteiger partial charge is 0.269 e. The van der Waals surface area contributed by atoms with Crippen molar-refractivity contribution in [2.24, 2.45) is 0 Å². The SMILES string of the molecule is Cc1cc(-c2nnc(CCC(=O)N3CCC[C@@H](OCc4ccccc4)C3)o2)no1. The number of hydrogen-bond acceptors (Lipinski definition) is 7. The van der Waals surface area contributed by atoms with Crippen LogP contribution in [0.5, 0.6) is 0 Å². The lowest BCUT2D eigenvalue weighted by Gasteiger charge is -2.32. The summed E-state index contributed by atoms with van der Waals surface area (Å²) in [5.74, 6) is 1.47. The molecule has 1 atom stereocenters. The molecule has 29 heavy (non-hydrogen) atoms. The minimum absolute atomic E-state index is 0.0679. The number of carbonyl (C=O) groups excluding carboxylic acids is 1. The number of ether oxygens (including phenoxy) is 1. The summed E-state index contributed by atoms with van der Waals surface area (Å²) in [6, 6.07) is 11.8. The largest absolute Gasteiger partial charge is 0.419 e. The maximum absolute atomic E-state index is 12.6. The standard InChI is InChI=1S/C21H24N4O4/c1-15-12-18(24-29-15)21-23-22-19(28-21)9-10-20(26)25-11-5-8-17(13-25)27-14-16-6-3-2-4-7-16/h2-4,6-7,12,17H,5,8-11,13-14H2,1H3/t17-/m1/s1. The Hall–Kier alpha value is -3.00. The molecule has 0 radical (unpaired) electrons. The van der Waals surface area contributed by atoms with Crippen LogP contribution in [0.15, 0.2) is 45.3 Å². The van der Waals surface area contributed by atoms with Crippen LogP contribution in [-0.2, 0) is 22.6 Å². The molecule has 4 rings (SSSR count). The number of amides is 1. The van der Waals surface area contributed by atoms with E-state index in [-0.39, 0.29) is 12.0 Å². The molecule has 152 valence electrons. The summed E-state index contributed by atoms with van der Waals surface area (Å²) in [5, 5.41) is 11.8. The predicted octanol–water partition coefficient (Wildman–Crippen LogP) is 3.17. The van der Waals surface area contributed by atoms with Crippen molar-refractivity contribution in [1.82, 2.24) is 20.3 Å². The molecule has 0 bridgehead atoms. The quantitative estimate of drug-likeness (QED) is 0.605. The van der Waals surface area contributed by atoms with E-state index in [2.05, 4.69) is 15.4 Å². The summed E-state index contributed by atoms with van der Waals surface area (Å²) >= 11 is 0. The van der Waals surface area contributed by atoms with Crippen LogP contribution in [0.25, 0.3) is 11.6 Å². The average Bonchev–Trinajstić information content (AvgIpc) is 3.40. The molecular weight excluding hydrogens is 372 g/mol. The van der Waals surface area contributed by atoms with E-state index < -0.39 is 0 Å². The van der Waals surface area contributed by atoms with Crippen LogP contribution < -0.4 is 0 Å². The van der Waals surface area contributed by atoms with Gasteiger partial charge in [-0.1, -0.05) is 35.5 Å². The lowest BCUT2D eigenvalue weighted by atomic mass is 10.1. The molecule has 2 aromatic heterocycles. The minimum Gasteiger partial charge on any atom is -0.419 e. The van der Waals surface area contributed by atoms with Gasteiger partial charge in [0.2, 0.25) is 11.8 Å². The van der Waals surface area contributed by atoms with Crippen molar-refractivity contribution in [1.29, 1.82) is 0 Å². The molecule has 1 aliphatic heterocycles. The maximum atomic E-state index is 12.6. The third-order valence-electron chi connectivity index (χ3n) is 4.93. The van der Waals surface area contributed by atoms with Crippen LogP contribution in [0.3, 0.4) is 0 Å². The molecule has 8 heteroatoms. The van der Waals surface area contributed by atoms with Gasteiger partial charge < -0.3 is 18.6 Å². The second kappa shape index (κ2) is 9.00. The van der Waals surface area contributed by atoms with E-state index in [9.17, 15) is 4.79 Å². The number of piperidine rings is 1. The summed E-state index contributed by atoms with van der Waals surface area (Å²) in [4.78, 5) is 14.5. The number of hydrogen-bond donors (Lipinski definition) is 0. The average molecular weight is 396 g/mol. The number of rotatable bonds is 7. The molecule has 1 saturated heterocycles. The Morgan fingerprint density at radius 2 is 2.14 bits per heavy atom. The monoisotopic (exact) mass is 396 g/mol. The Labute approximate surface area is 168 Å². The van der Waals surface area contributed by atoms with Crippen molar-refractivity contribution >= 4 is 5.91 Å². The summed E-state index contributed by atoms with van der Waals surface area (Å²) in [7, 11) is 0. The number of nitrogens with zero attached hydrogens (tertiary/aromatic N) is 4. The molecule has 3 aromatic rings. The van der Waals surface area contributed by atoms with Gasteiger partial charge in [-0.05, 0) is 25.3 Å². The Balaban J connectivity index is 1.25. The van der Waals surface area contributed by atoms with Gasteiger partial charge in [0.15, 0.2) is 5.69 Å². The van der Waals surface area contributed by atoms with Gasteiger partial charge in [0.05, 0.1) is 12.7 Å². The fourth-order valence-electron chi connectivity index (χ4n) is 3.39. The molecule has 3 heterocycles. The van der Waals surface area contributed by atoms with E-state index in [1.165, 1.54) is 0 Å². The zero-order valence-corrected chi connectivity index (χ0v) is 16.4. The van der Waals surface area contributed by atoms with Crippen LogP contribution in [-0.4, -0.2) is 45.4 Å². The zero-order chi connectivity index (χ0) is 20.1. The summed E-state index contributed by atoms with van der Waals surface area (Å²) in [6.45, 7) is 3.75. The Morgan fingerprint density at radius 3 is 2.93 bits per heavy atom. The lowest BCUT2D eigenvalue weighted by Crippen LogP contribution is -2.43. The Bertz CT molecular complexity index is 937. The van der Waals surface area contributed by atoms with Crippen LogP contribution in [0.4, 0.5) is 0 Å². The normalized spacial score (nSPS) is 16.9. The van der Waals surface area contributed by atoms with Crippen molar-refractivity contribution in [2.75, 3.05) is 13.1 Å². The van der Waals surface area contributed by atoms with Gasteiger partial charge in [-0.2, -0.15) is 0 Å². The summed E-state index contributed by atoms with van der Waals surface area (Å²) in [5.41, 5.74) is 1.65. The molecule has 1 amide bonds. The van der Waals surface area contributed by atoms with E-state index in [1.807, 2.05) is 35.2 Å². The molecule has 8 nitrogen and oxygen atoms in total. The van der Waals surface area contributed by atoms with Gasteiger partial charge in [0, 0.05) is 32.0 Å². The fraction of sp³-hybridized carbons (Fsp3) is 0.429. The van der Waals surface area contributed by atoms with Crippen LogP contribution in [0, 0.1) is 6.92 Å².